The zero-order valence-electron chi connectivity index (χ0n) is 54.2. The number of esters is 1. The molecule has 0 saturated carbocycles. The van der Waals surface area contributed by atoms with Gasteiger partial charge in [0.1, 0.15) is 0 Å². The van der Waals surface area contributed by atoms with Gasteiger partial charge >= 0.3 is 5.97 Å². The highest BCUT2D eigenvalue weighted by atomic mass is 16.5. The van der Waals surface area contributed by atoms with Gasteiger partial charge in [-0.2, -0.15) is 0 Å². The van der Waals surface area contributed by atoms with Crippen LogP contribution in [0.3, 0.4) is 0 Å². The molecule has 2 atom stereocenters. The molecule has 6 nitrogen and oxygen atoms in total. The second-order valence-corrected chi connectivity index (χ2v) is 25.6. The second kappa shape index (κ2) is 69.4. The van der Waals surface area contributed by atoms with E-state index in [2.05, 4.69) is 19.2 Å². The van der Waals surface area contributed by atoms with Crippen molar-refractivity contribution in [1.29, 1.82) is 0 Å². The summed E-state index contributed by atoms with van der Waals surface area (Å²) in [5.41, 5.74) is 0. The third-order valence-electron chi connectivity index (χ3n) is 17.7. The monoisotopic (exact) mass is 1120 g/mol. The van der Waals surface area contributed by atoms with E-state index in [0.717, 1.165) is 38.5 Å². The van der Waals surface area contributed by atoms with Gasteiger partial charge in [-0.05, 0) is 25.7 Å². The van der Waals surface area contributed by atoms with Gasteiger partial charge in [0.05, 0.1) is 25.4 Å². The summed E-state index contributed by atoms with van der Waals surface area (Å²) in [7, 11) is 0. The van der Waals surface area contributed by atoms with Gasteiger partial charge in [-0.25, -0.2) is 0 Å². The van der Waals surface area contributed by atoms with Crippen LogP contribution in [0.1, 0.15) is 431 Å². The Balaban J connectivity index is 3.34. The van der Waals surface area contributed by atoms with Crippen molar-refractivity contribution in [3.05, 3.63) is 0 Å². The number of aliphatic hydroxyl groups is 2. The number of nitrogens with one attached hydrogen (secondary N) is 1. The predicted molar refractivity (Wildman–Crippen MR) is 347 cm³/mol. The Morgan fingerprint density at radius 2 is 0.519 bits per heavy atom. The normalized spacial score (nSPS) is 12.4. The molecule has 472 valence electrons. The Labute approximate surface area is 496 Å². The van der Waals surface area contributed by atoms with Gasteiger partial charge in [0.2, 0.25) is 5.91 Å². The topological polar surface area (TPSA) is 95.9 Å². The maximum Gasteiger partial charge on any atom is 0.305 e. The number of hydrogen-bond acceptors (Lipinski definition) is 5. The van der Waals surface area contributed by atoms with Crippen LogP contribution in [0, 0.1) is 0 Å². The van der Waals surface area contributed by atoms with E-state index in [1.807, 2.05) is 0 Å². The molecule has 0 fully saturated rings. The van der Waals surface area contributed by atoms with E-state index in [0.29, 0.717) is 25.9 Å². The van der Waals surface area contributed by atoms with Crippen molar-refractivity contribution in [2.24, 2.45) is 0 Å². The molecule has 3 N–H and O–H groups in total. The summed E-state index contributed by atoms with van der Waals surface area (Å²) >= 11 is 0. The van der Waals surface area contributed by atoms with E-state index in [-0.39, 0.29) is 18.5 Å². The Bertz CT molecular complexity index is 1150. The minimum absolute atomic E-state index is 0.0223. The van der Waals surface area contributed by atoms with Gasteiger partial charge in [0.25, 0.3) is 0 Å². The fourth-order valence-corrected chi connectivity index (χ4v) is 12.1. The third kappa shape index (κ3) is 65.9. The number of hydrogen-bond donors (Lipinski definition) is 3. The van der Waals surface area contributed by atoms with Crippen molar-refractivity contribution in [3.8, 4) is 0 Å². The van der Waals surface area contributed by atoms with Crippen LogP contribution in [0.4, 0.5) is 0 Å². The van der Waals surface area contributed by atoms with Crippen LogP contribution in [0.15, 0.2) is 0 Å². The molecule has 0 heterocycles. The van der Waals surface area contributed by atoms with Crippen molar-refractivity contribution in [3.63, 3.8) is 0 Å². The number of unbranched alkanes of at least 4 members (excludes halogenated alkanes) is 59. The molecular weight excluding hydrogens is 971 g/mol. The third-order valence-corrected chi connectivity index (χ3v) is 17.7. The average molecular weight is 1120 g/mol. The van der Waals surface area contributed by atoms with Crippen molar-refractivity contribution in [2.75, 3.05) is 13.2 Å². The molecule has 0 aromatic rings. The molecule has 0 aliphatic carbocycles. The van der Waals surface area contributed by atoms with Gasteiger partial charge in [0, 0.05) is 12.8 Å². The fourth-order valence-electron chi connectivity index (χ4n) is 12.1. The van der Waals surface area contributed by atoms with Crippen molar-refractivity contribution in [2.45, 2.75) is 443 Å². The molecule has 2 unspecified atom stereocenters. The van der Waals surface area contributed by atoms with E-state index in [4.69, 9.17) is 4.74 Å². The summed E-state index contributed by atoms with van der Waals surface area (Å²) in [5.74, 6) is -0.00493. The van der Waals surface area contributed by atoms with Gasteiger partial charge < -0.3 is 20.3 Å². The Morgan fingerprint density at radius 3 is 0.772 bits per heavy atom. The Morgan fingerprint density at radius 1 is 0.304 bits per heavy atom. The van der Waals surface area contributed by atoms with E-state index < -0.39 is 12.1 Å². The standard InChI is InChI=1S/C73H145NO5/c1-3-5-7-9-11-13-15-17-19-21-22-31-34-37-41-45-49-53-57-61-65-71(76)70(69-75)74-72(77)66-62-58-54-50-46-42-38-35-32-29-27-25-23-24-26-28-30-33-36-40-44-48-52-56-60-64-68-79-73(78)67-63-59-55-51-47-43-39-20-18-16-14-12-10-8-6-4-2/h70-71,75-76H,3-69H2,1-2H3,(H,74,77). The molecule has 0 spiro atoms. The molecule has 0 aliphatic heterocycles. The summed E-state index contributed by atoms with van der Waals surface area (Å²) in [5, 5.41) is 23.4. The number of ether oxygens (including phenoxy) is 1. The van der Waals surface area contributed by atoms with Crippen LogP contribution in [0.5, 0.6) is 0 Å². The van der Waals surface area contributed by atoms with Crippen LogP contribution in [0.2, 0.25) is 0 Å². The van der Waals surface area contributed by atoms with Crippen LogP contribution >= 0.6 is 0 Å². The molecule has 0 bridgehead atoms. The quantitative estimate of drug-likeness (QED) is 0.0417. The molecule has 0 radical (unpaired) electrons. The number of rotatable bonds is 70. The van der Waals surface area contributed by atoms with Gasteiger partial charge in [0.15, 0.2) is 0 Å². The minimum atomic E-state index is -0.662. The highest BCUT2D eigenvalue weighted by Crippen LogP contribution is 2.20. The maximum absolute atomic E-state index is 12.5. The van der Waals surface area contributed by atoms with Crippen LogP contribution in [-0.4, -0.2) is 47.4 Å². The molecule has 0 rings (SSSR count). The lowest BCUT2D eigenvalue weighted by atomic mass is 10.0. The summed E-state index contributed by atoms with van der Waals surface area (Å²) < 4.78 is 5.51. The fraction of sp³-hybridized carbons (Fsp3) is 0.973. The number of amides is 1. The Kier molecular flexibility index (Phi) is 68.4. The smallest absolute Gasteiger partial charge is 0.305 e. The van der Waals surface area contributed by atoms with Gasteiger partial charge in [-0.1, -0.05) is 393 Å². The first-order valence-corrected chi connectivity index (χ1v) is 36.8. The van der Waals surface area contributed by atoms with Crippen molar-refractivity contribution in [1.82, 2.24) is 5.32 Å². The lowest BCUT2D eigenvalue weighted by molar-refractivity contribution is -0.143. The number of aliphatic hydroxyl groups excluding tert-OH is 2. The van der Waals surface area contributed by atoms with Gasteiger partial charge in [-0.15, -0.1) is 0 Å². The van der Waals surface area contributed by atoms with Crippen molar-refractivity contribution < 1.29 is 24.5 Å². The molecule has 1 amide bonds. The molecular formula is C73H145NO5. The highest BCUT2D eigenvalue weighted by Gasteiger charge is 2.20. The number of carbonyl (C=O) groups is 2. The average Bonchev–Trinajstić information content (AvgIpc) is 3.45. The summed E-state index contributed by atoms with van der Waals surface area (Å²) in [6.45, 7) is 5.01. The second-order valence-electron chi connectivity index (χ2n) is 25.6. The van der Waals surface area contributed by atoms with E-state index in [1.165, 1.54) is 360 Å². The lowest BCUT2D eigenvalue weighted by Crippen LogP contribution is -2.45. The summed E-state index contributed by atoms with van der Waals surface area (Å²) in [6, 6.07) is -0.539. The SMILES string of the molecule is CCCCCCCCCCCCCCCCCCCCCCC(O)C(CO)NC(=O)CCCCCCCCCCCCCCCCCCCCCCCCCCCCOC(=O)CCCCCCCCCCCCCCCCCC. The summed E-state index contributed by atoms with van der Waals surface area (Å²) in [4.78, 5) is 24.6. The maximum atomic E-state index is 12.5. The molecule has 0 aliphatic rings. The number of carbonyl (C=O) groups excluding carboxylic acids is 2. The molecule has 0 saturated heterocycles. The molecule has 6 heteroatoms. The van der Waals surface area contributed by atoms with Crippen LogP contribution < -0.4 is 5.32 Å². The molecule has 0 aromatic carbocycles. The zero-order valence-corrected chi connectivity index (χ0v) is 54.2. The lowest BCUT2D eigenvalue weighted by Gasteiger charge is -2.22. The minimum Gasteiger partial charge on any atom is -0.466 e. The first-order chi connectivity index (χ1) is 39.0. The largest absolute Gasteiger partial charge is 0.466 e. The highest BCUT2D eigenvalue weighted by molar-refractivity contribution is 5.76. The van der Waals surface area contributed by atoms with E-state index in [9.17, 15) is 19.8 Å². The molecule has 0 aromatic heterocycles. The van der Waals surface area contributed by atoms with Crippen LogP contribution in [0.25, 0.3) is 0 Å². The van der Waals surface area contributed by atoms with E-state index >= 15 is 0 Å². The predicted octanol–water partition coefficient (Wildman–Crippen LogP) is 23.8. The van der Waals surface area contributed by atoms with Gasteiger partial charge in [-0.3, -0.25) is 9.59 Å². The Hall–Kier alpha value is -1.14. The first kappa shape index (κ1) is 77.9. The van der Waals surface area contributed by atoms with E-state index in [1.54, 1.807) is 0 Å². The van der Waals surface area contributed by atoms with Crippen molar-refractivity contribution >= 4 is 11.9 Å². The van der Waals surface area contributed by atoms with Crippen LogP contribution in [-0.2, 0) is 14.3 Å². The zero-order chi connectivity index (χ0) is 57.1. The first-order valence-electron chi connectivity index (χ1n) is 36.8. The molecule has 79 heavy (non-hydrogen) atoms. The summed E-state index contributed by atoms with van der Waals surface area (Å²) in [6.07, 6.45) is 84.5.